The van der Waals surface area contributed by atoms with E-state index in [0.29, 0.717) is 12.6 Å². The minimum Gasteiger partial charge on any atom is -0.481 e. The standard InChI is InChI=1S/C13H27NO2/c1-4-6-7-8-10-14(12(3)5-2)11-9-13(15)16/h12H,4-11H2,1-3H3,(H,15,16). The maximum absolute atomic E-state index is 10.6. The fourth-order valence-corrected chi connectivity index (χ4v) is 1.79. The Morgan fingerprint density at radius 2 is 1.88 bits per heavy atom. The van der Waals surface area contributed by atoms with Crippen LogP contribution in [-0.4, -0.2) is 35.1 Å². The van der Waals surface area contributed by atoms with Gasteiger partial charge >= 0.3 is 5.97 Å². The first kappa shape index (κ1) is 15.4. The Kier molecular flexibility index (Phi) is 9.30. The highest BCUT2D eigenvalue weighted by molar-refractivity contribution is 5.66. The molecule has 0 bridgehead atoms. The zero-order chi connectivity index (χ0) is 12.4. The van der Waals surface area contributed by atoms with E-state index in [1.807, 2.05) is 0 Å². The van der Waals surface area contributed by atoms with E-state index in [4.69, 9.17) is 5.11 Å². The maximum Gasteiger partial charge on any atom is 0.304 e. The lowest BCUT2D eigenvalue weighted by atomic mass is 10.1. The number of hydrogen-bond acceptors (Lipinski definition) is 2. The lowest BCUT2D eigenvalue weighted by Gasteiger charge is -2.27. The molecule has 0 aliphatic carbocycles. The third kappa shape index (κ3) is 7.69. The number of carboxylic acid groups (broad SMARTS) is 1. The molecule has 96 valence electrons. The molecule has 0 fully saturated rings. The first-order chi connectivity index (χ1) is 7.61. The Morgan fingerprint density at radius 3 is 2.38 bits per heavy atom. The molecule has 0 saturated heterocycles. The van der Waals surface area contributed by atoms with Crippen LogP contribution in [0.3, 0.4) is 0 Å². The average molecular weight is 229 g/mol. The summed E-state index contributed by atoms with van der Waals surface area (Å²) in [6.07, 6.45) is 6.34. The largest absolute Gasteiger partial charge is 0.481 e. The maximum atomic E-state index is 10.6. The number of nitrogens with zero attached hydrogens (tertiary/aromatic N) is 1. The van der Waals surface area contributed by atoms with Gasteiger partial charge in [-0.05, 0) is 26.3 Å². The molecule has 16 heavy (non-hydrogen) atoms. The van der Waals surface area contributed by atoms with E-state index >= 15 is 0 Å². The van der Waals surface area contributed by atoms with Crippen molar-refractivity contribution >= 4 is 5.97 Å². The number of rotatable bonds is 10. The van der Waals surface area contributed by atoms with E-state index in [2.05, 4.69) is 25.7 Å². The second-order valence-electron chi connectivity index (χ2n) is 4.50. The van der Waals surface area contributed by atoms with E-state index in [9.17, 15) is 4.79 Å². The summed E-state index contributed by atoms with van der Waals surface area (Å²) < 4.78 is 0. The summed E-state index contributed by atoms with van der Waals surface area (Å²) in [5, 5.41) is 8.70. The first-order valence-electron chi connectivity index (χ1n) is 6.57. The van der Waals surface area contributed by atoms with Crippen LogP contribution in [0.4, 0.5) is 0 Å². The Hall–Kier alpha value is -0.570. The summed E-state index contributed by atoms with van der Waals surface area (Å²) in [6.45, 7) is 8.28. The number of carboxylic acids is 1. The normalized spacial score (nSPS) is 13.0. The summed E-state index contributed by atoms with van der Waals surface area (Å²) in [4.78, 5) is 12.9. The molecular weight excluding hydrogens is 202 g/mol. The second kappa shape index (κ2) is 9.64. The van der Waals surface area contributed by atoms with Crippen molar-refractivity contribution in [3.8, 4) is 0 Å². The lowest BCUT2D eigenvalue weighted by molar-refractivity contribution is -0.137. The van der Waals surface area contributed by atoms with E-state index in [1.54, 1.807) is 0 Å². The predicted molar refractivity (Wildman–Crippen MR) is 67.7 cm³/mol. The van der Waals surface area contributed by atoms with Crippen LogP contribution >= 0.6 is 0 Å². The number of unbranched alkanes of at least 4 members (excludes halogenated alkanes) is 3. The molecule has 0 aromatic carbocycles. The van der Waals surface area contributed by atoms with Crippen molar-refractivity contribution in [3.63, 3.8) is 0 Å². The van der Waals surface area contributed by atoms with E-state index in [1.165, 1.54) is 25.7 Å². The van der Waals surface area contributed by atoms with Gasteiger partial charge in [0, 0.05) is 12.6 Å². The Labute approximate surface area is 99.8 Å². The third-order valence-electron chi connectivity index (χ3n) is 3.13. The van der Waals surface area contributed by atoms with E-state index < -0.39 is 5.97 Å². The van der Waals surface area contributed by atoms with Crippen LogP contribution in [-0.2, 0) is 4.79 Å². The molecule has 0 aromatic heterocycles. The summed E-state index contributed by atoms with van der Waals surface area (Å²) in [6, 6.07) is 0.501. The fourth-order valence-electron chi connectivity index (χ4n) is 1.79. The first-order valence-corrected chi connectivity index (χ1v) is 6.57. The van der Waals surface area contributed by atoms with Gasteiger partial charge in [-0.2, -0.15) is 0 Å². The van der Waals surface area contributed by atoms with Crippen LogP contribution in [0.5, 0.6) is 0 Å². The second-order valence-corrected chi connectivity index (χ2v) is 4.50. The quantitative estimate of drug-likeness (QED) is 0.585. The molecular formula is C13H27NO2. The van der Waals surface area contributed by atoms with E-state index in [0.717, 1.165) is 13.0 Å². The molecule has 1 atom stereocenters. The van der Waals surface area contributed by atoms with Crippen LogP contribution in [0.1, 0.15) is 59.3 Å². The summed E-state index contributed by atoms with van der Waals surface area (Å²) in [5.74, 6) is -0.693. The van der Waals surface area contributed by atoms with Gasteiger partial charge in [0.05, 0.1) is 6.42 Å². The molecule has 3 nitrogen and oxygen atoms in total. The molecule has 3 heteroatoms. The van der Waals surface area contributed by atoms with Gasteiger partial charge < -0.3 is 10.0 Å². The molecule has 1 unspecified atom stereocenters. The fraction of sp³-hybridized carbons (Fsp3) is 0.923. The van der Waals surface area contributed by atoms with Gasteiger partial charge in [0.15, 0.2) is 0 Å². The zero-order valence-corrected chi connectivity index (χ0v) is 11.0. The van der Waals surface area contributed by atoms with Crippen molar-refractivity contribution in [1.29, 1.82) is 0 Å². The number of hydrogen-bond donors (Lipinski definition) is 1. The Morgan fingerprint density at radius 1 is 1.19 bits per heavy atom. The van der Waals surface area contributed by atoms with Crippen LogP contribution in [0.25, 0.3) is 0 Å². The SMILES string of the molecule is CCCCCCN(CCC(=O)O)C(C)CC. The van der Waals surface area contributed by atoms with Gasteiger partial charge in [-0.15, -0.1) is 0 Å². The van der Waals surface area contributed by atoms with Gasteiger partial charge in [-0.3, -0.25) is 4.79 Å². The van der Waals surface area contributed by atoms with Crippen molar-refractivity contribution in [2.24, 2.45) is 0 Å². The van der Waals surface area contributed by atoms with Crippen molar-refractivity contribution in [2.45, 2.75) is 65.3 Å². The van der Waals surface area contributed by atoms with Crippen LogP contribution < -0.4 is 0 Å². The monoisotopic (exact) mass is 229 g/mol. The van der Waals surface area contributed by atoms with Crippen molar-refractivity contribution in [2.75, 3.05) is 13.1 Å². The number of carbonyl (C=O) groups is 1. The van der Waals surface area contributed by atoms with Crippen LogP contribution in [0.2, 0.25) is 0 Å². The Bertz CT molecular complexity index is 183. The van der Waals surface area contributed by atoms with Crippen molar-refractivity contribution in [1.82, 2.24) is 4.90 Å². The summed E-state index contributed by atoms with van der Waals surface area (Å²) >= 11 is 0. The molecule has 0 radical (unpaired) electrons. The van der Waals surface area contributed by atoms with Gasteiger partial charge in [0.25, 0.3) is 0 Å². The topological polar surface area (TPSA) is 40.5 Å². The molecule has 0 spiro atoms. The smallest absolute Gasteiger partial charge is 0.304 e. The lowest BCUT2D eigenvalue weighted by Crippen LogP contribution is -2.35. The molecule has 0 aliphatic heterocycles. The molecule has 0 aliphatic rings. The molecule has 1 N–H and O–H groups in total. The minimum absolute atomic E-state index is 0.262. The van der Waals surface area contributed by atoms with Crippen molar-refractivity contribution in [3.05, 3.63) is 0 Å². The highest BCUT2D eigenvalue weighted by Gasteiger charge is 2.12. The Balaban J connectivity index is 3.85. The van der Waals surface area contributed by atoms with Gasteiger partial charge in [-0.1, -0.05) is 33.1 Å². The molecule has 0 aromatic rings. The van der Waals surface area contributed by atoms with Crippen LogP contribution in [0.15, 0.2) is 0 Å². The summed E-state index contributed by atoms with van der Waals surface area (Å²) in [5.41, 5.74) is 0. The average Bonchev–Trinajstić information content (AvgIpc) is 2.27. The zero-order valence-electron chi connectivity index (χ0n) is 11.0. The van der Waals surface area contributed by atoms with Crippen molar-refractivity contribution < 1.29 is 9.90 Å². The molecule has 0 amide bonds. The number of aliphatic carboxylic acids is 1. The molecule has 0 saturated carbocycles. The minimum atomic E-state index is -0.693. The van der Waals surface area contributed by atoms with Gasteiger partial charge in [0.2, 0.25) is 0 Å². The summed E-state index contributed by atoms with van der Waals surface area (Å²) in [7, 11) is 0. The molecule has 0 heterocycles. The third-order valence-corrected chi connectivity index (χ3v) is 3.13. The molecule has 0 rings (SSSR count). The van der Waals surface area contributed by atoms with Gasteiger partial charge in [0.1, 0.15) is 0 Å². The van der Waals surface area contributed by atoms with E-state index in [-0.39, 0.29) is 6.42 Å². The van der Waals surface area contributed by atoms with Gasteiger partial charge in [-0.25, -0.2) is 0 Å². The highest BCUT2D eigenvalue weighted by atomic mass is 16.4. The van der Waals surface area contributed by atoms with Crippen LogP contribution in [0, 0.1) is 0 Å². The predicted octanol–water partition coefficient (Wildman–Crippen LogP) is 3.14. The highest BCUT2D eigenvalue weighted by Crippen LogP contribution is 2.08.